The van der Waals surface area contributed by atoms with Crippen molar-refractivity contribution in [2.45, 2.75) is 38.1 Å². The van der Waals surface area contributed by atoms with Gasteiger partial charge in [-0.15, -0.1) is 0 Å². The molecule has 0 unspecified atom stereocenters. The van der Waals surface area contributed by atoms with Crippen molar-refractivity contribution in [3.05, 3.63) is 28.8 Å². The first kappa shape index (κ1) is 12.2. The second-order valence-electron chi connectivity index (χ2n) is 4.48. The molecular formula is C13H16ClNO2. The van der Waals surface area contributed by atoms with Crippen LogP contribution in [0.5, 0.6) is 0 Å². The highest BCUT2D eigenvalue weighted by Crippen LogP contribution is 2.27. The summed E-state index contributed by atoms with van der Waals surface area (Å²) in [6, 6.07) is 5.19. The molecule has 0 heterocycles. The minimum Gasteiger partial charge on any atom is -0.478 e. The molecule has 1 aliphatic carbocycles. The van der Waals surface area contributed by atoms with Crippen LogP contribution < -0.4 is 5.32 Å². The van der Waals surface area contributed by atoms with Gasteiger partial charge in [-0.1, -0.05) is 30.9 Å². The van der Waals surface area contributed by atoms with Crippen LogP contribution >= 0.6 is 11.6 Å². The number of halogens is 1. The van der Waals surface area contributed by atoms with E-state index < -0.39 is 5.97 Å². The van der Waals surface area contributed by atoms with Gasteiger partial charge in [0.2, 0.25) is 0 Å². The Morgan fingerprint density at radius 2 is 2.00 bits per heavy atom. The van der Waals surface area contributed by atoms with Crippen LogP contribution in [0.4, 0.5) is 5.69 Å². The van der Waals surface area contributed by atoms with Gasteiger partial charge >= 0.3 is 5.97 Å². The summed E-state index contributed by atoms with van der Waals surface area (Å²) in [4.78, 5) is 10.9. The first-order valence-electron chi connectivity index (χ1n) is 5.96. The topological polar surface area (TPSA) is 49.3 Å². The van der Waals surface area contributed by atoms with Crippen LogP contribution in [0.2, 0.25) is 5.02 Å². The van der Waals surface area contributed by atoms with Crippen molar-refractivity contribution in [3.8, 4) is 0 Å². The minimum absolute atomic E-state index is 0.271. The third-order valence-corrected chi connectivity index (χ3v) is 3.51. The molecule has 0 aromatic heterocycles. The van der Waals surface area contributed by atoms with Crippen molar-refractivity contribution >= 4 is 23.3 Å². The monoisotopic (exact) mass is 253 g/mol. The predicted octanol–water partition coefficient (Wildman–Crippen LogP) is 3.78. The average Bonchev–Trinajstić information content (AvgIpc) is 2.33. The number of hydrogen-bond donors (Lipinski definition) is 2. The fourth-order valence-electron chi connectivity index (χ4n) is 2.24. The van der Waals surface area contributed by atoms with Gasteiger partial charge in [0.15, 0.2) is 0 Å². The molecule has 0 atom stereocenters. The van der Waals surface area contributed by atoms with E-state index in [1.807, 2.05) is 0 Å². The Labute approximate surface area is 106 Å². The zero-order chi connectivity index (χ0) is 12.3. The number of hydrogen-bond acceptors (Lipinski definition) is 2. The standard InChI is InChI=1S/C13H16ClNO2/c14-11-7-6-9(13(16)17)8-12(11)15-10-4-2-1-3-5-10/h6-8,10,15H,1-5H2,(H,16,17). The molecule has 0 bridgehead atoms. The number of rotatable bonds is 3. The van der Waals surface area contributed by atoms with Crippen molar-refractivity contribution in [2.24, 2.45) is 0 Å². The van der Waals surface area contributed by atoms with Crippen LogP contribution in [0, 0.1) is 0 Å². The third-order valence-electron chi connectivity index (χ3n) is 3.18. The molecule has 0 aliphatic heterocycles. The van der Waals surface area contributed by atoms with E-state index in [9.17, 15) is 4.79 Å². The highest BCUT2D eigenvalue weighted by atomic mass is 35.5. The largest absolute Gasteiger partial charge is 0.478 e. The highest BCUT2D eigenvalue weighted by molar-refractivity contribution is 6.33. The van der Waals surface area contributed by atoms with Crippen LogP contribution in [0.15, 0.2) is 18.2 Å². The predicted molar refractivity (Wildman–Crippen MR) is 68.9 cm³/mol. The Balaban J connectivity index is 2.13. The molecule has 1 fully saturated rings. The molecule has 2 N–H and O–H groups in total. The fraction of sp³-hybridized carbons (Fsp3) is 0.462. The summed E-state index contributed by atoms with van der Waals surface area (Å²) in [6.45, 7) is 0. The molecule has 0 amide bonds. The van der Waals surface area contributed by atoms with Crippen LogP contribution in [-0.4, -0.2) is 17.1 Å². The maximum atomic E-state index is 10.9. The summed E-state index contributed by atoms with van der Waals surface area (Å²) in [6.07, 6.45) is 6.02. The smallest absolute Gasteiger partial charge is 0.335 e. The Hall–Kier alpha value is -1.22. The molecule has 0 spiro atoms. The van der Waals surface area contributed by atoms with Gasteiger partial charge in [-0.3, -0.25) is 0 Å². The number of nitrogens with one attached hydrogen (secondary N) is 1. The van der Waals surface area contributed by atoms with Crippen LogP contribution in [-0.2, 0) is 0 Å². The molecule has 1 saturated carbocycles. The summed E-state index contributed by atoms with van der Waals surface area (Å²) in [5, 5.41) is 12.9. The van der Waals surface area contributed by atoms with Crippen LogP contribution in [0.3, 0.4) is 0 Å². The Morgan fingerprint density at radius 1 is 1.29 bits per heavy atom. The Morgan fingerprint density at radius 3 is 2.65 bits per heavy atom. The van der Waals surface area contributed by atoms with E-state index in [0.717, 1.165) is 18.5 Å². The van der Waals surface area contributed by atoms with E-state index in [-0.39, 0.29) is 5.56 Å². The van der Waals surface area contributed by atoms with E-state index in [4.69, 9.17) is 16.7 Å². The lowest BCUT2D eigenvalue weighted by atomic mass is 9.95. The number of carboxylic acids is 1. The number of benzene rings is 1. The van der Waals surface area contributed by atoms with Gasteiger partial charge in [0.1, 0.15) is 0 Å². The first-order valence-corrected chi connectivity index (χ1v) is 6.34. The molecule has 92 valence electrons. The second-order valence-corrected chi connectivity index (χ2v) is 4.89. The molecule has 17 heavy (non-hydrogen) atoms. The molecule has 2 rings (SSSR count). The Kier molecular flexibility index (Phi) is 3.89. The van der Waals surface area contributed by atoms with Crippen molar-refractivity contribution in [3.63, 3.8) is 0 Å². The maximum Gasteiger partial charge on any atom is 0.335 e. The summed E-state index contributed by atoms with van der Waals surface area (Å²) in [5.41, 5.74) is 1.01. The highest BCUT2D eigenvalue weighted by Gasteiger charge is 2.15. The molecule has 0 saturated heterocycles. The van der Waals surface area contributed by atoms with Crippen LogP contribution in [0.1, 0.15) is 42.5 Å². The summed E-state index contributed by atoms with van der Waals surface area (Å²) < 4.78 is 0. The van der Waals surface area contributed by atoms with Gasteiger partial charge in [-0.25, -0.2) is 4.79 Å². The molecule has 1 aromatic carbocycles. The molecule has 0 radical (unpaired) electrons. The van der Waals surface area contributed by atoms with Crippen molar-refractivity contribution in [1.29, 1.82) is 0 Å². The van der Waals surface area contributed by atoms with Crippen LogP contribution in [0.25, 0.3) is 0 Å². The molecule has 3 nitrogen and oxygen atoms in total. The van der Waals surface area contributed by atoms with E-state index >= 15 is 0 Å². The lowest BCUT2D eigenvalue weighted by molar-refractivity contribution is 0.0697. The average molecular weight is 254 g/mol. The zero-order valence-corrected chi connectivity index (χ0v) is 10.3. The molecule has 4 heteroatoms. The molecule has 1 aromatic rings. The van der Waals surface area contributed by atoms with E-state index in [1.165, 1.54) is 25.3 Å². The van der Waals surface area contributed by atoms with Gasteiger partial charge in [0.25, 0.3) is 0 Å². The van der Waals surface area contributed by atoms with E-state index in [2.05, 4.69) is 5.32 Å². The van der Waals surface area contributed by atoms with Crippen molar-refractivity contribution in [1.82, 2.24) is 0 Å². The summed E-state index contributed by atoms with van der Waals surface area (Å²) in [5.74, 6) is -0.923. The summed E-state index contributed by atoms with van der Waals surface area (Å²) >= 11 is 6.06. The van der Waals surface area contributed by atoms with Crippen molar-refractivity contribution in [2.75, 3.05) is 5.32 Å². The third kappa shape index (κ3) is 3.13. The number of carbonyl (C=O) groups is 1. The number of aromatic carboxylic acids is 1. The maximum absolute atomic E-state index is 10.9. The lowest BCUT2D eigenvalue weighted by Gasteiger charge is -2.24. The quantitative estimate of drug-likeness (QED) is 0.862. The Bertz CT molecular complexity index is 414. The lowest BCUT2D eigenvalue weighted by Crippen LogP contribution is -2.22. The molecule has 1 aliphatic rings. The zero-order valence-electron chi connectivity index (χ0n) is 9.58. The molecular weight excluding hydrogens is 238 g/mol. The van der Waals surface area contributed by atoms with E-state index in [1.54, 1.807) is 12.1 Å². The number of carboxylic acid groups (broad SMARTS) is 1. The fourth-order valence-corrected chi connectivity index (χ4v) is 2.41. The second kappa shape index (κ2) is 5.41. The van der Waals surface area contributed by atoms with E-state index in [0.29, 0.717) is 11.1 Å². The number of anilines is 1. The van der Waals surface area contributed by atoms with Gasteiger partial charge in [-0.2, -0.15) is 0 Å². The van der Waals surface area contributed by atoms with Crippen molar-refractivity contribution < 1.29 is 9.90 Å². The van der Waals surface area contributed by atoms with Gasteiger partial charge in [0, 0.05) is 6.04 Å². The normalized spacial score (nSPS) is 16.8. The van der Waals surface area contributed by atoms with Gasteiger partial charge < -0.3 is 10.4 Å². The first-order chi connectivity index (χ1) is 8.16. The SMILES string of the molecule is O=C(O)c1ccc(Cl)c(NC2CCCCC2)c1. The minimum atomic E-state index is -0.923. The van der Waals surface area contributed by atoms with Gasteiger partial charge in [0.05, 0.1) is 16.3 Å². The summed E-state index contributed by atoms with van der Waals surface area (Å²) in [7, 11) is 0. The van der Waals surface area contributed by atoms with Gasteiger partial charge in [-0.05, 0) is 31.0 Å².